The molecular formula is C37H56N2O3. The molecule has 0 saturated heterocycles. The molecule has 1 aromatic carbocycles. The van der Waals surface area contributed by atoms with Gasteiger partial charge in [-0.2, -0.15) is 0 Å². The lowest BCUT2D eigenvalue weighted by molar-refractivity contribution is 0.303. The zero-order valence-electron chi connectivity index (χ0n) is 27.5. The second kappa shape index (κ2) is 19.1. The van der Waals surface area contributed by atoms with Gasteiger partial charge in [-0.05, 0) is 104 Å². The summed E-state index contributed by atoms with van der Waals surface area (Å²) in [6.07, 6.45) is 19.5. The van der Waals surface area contributed by atoms with Crippen LogP contribution in [0, 0.1) is 0 Å². The number of aryl methyl sites for hydroxylation is 1. The summed E-state index contributed by atoms with van der Waals surface area (Å²) in [6, 6.07) is 5.71. The largest absolute Gasteiger partial charge is 0.485 e. The Morgan fingerprint density at radius 1 is 0.762 bits per heavy atom. The van der Waals surface area contributed by atoms with Gasteiger partial charge in [-0.15, -0.1) is 0 Å². The molecular weight excluding hydrogens is 520 g/mol. The van der Waals surface area contributed by atoms with Gasteiger partial charge in [-0.1, -0.05) is 73.5 Å². The molecule has 232 valence electrons. The SMILES string of the molecule is CCCCCCCCn1c(=O)c(OC/C=C(\C)CCC=C(C)C)c(OC/C=C(\C)CCC=C(C)C)c2ccc(N)cc21. The highest BCUT2D eigenvalue weighted by Crippen LogP contribution is 2.34. The van der Waals surface area contributed by atoms with Gasteiger partial charge in [0.15, 0.2) is 5.75 Å². The molecule has 1 aromatic heterocycles. The molecule has 0 radical (unpaired) electrons. The van der Waals surface area contributed by atoms with Crippen molar-refractivity contribution in [2.75, 3.05) is 18.9 Å². The van der Waals surface area contributed by atoms with Gasteiger partial charge >= 0.3 is 0 Å². The quantitative estimate of drug-likeness (QED) is 0.103. The minimum atomic E-state index is -0.156. The van der Waals surface area contributed by atoms with E-state index in [0.29, 0.717) is 31.2 Å². The van der Waals surface area contributed by atoms with Crippen LogP contribution in [0.5, 0.6) is 11.5 Å². The highest BCUT2D eigenvalue weighted by molar-refractivity contribution is 5.90. The number of aromatic nitrogens is 1. The first-order valence-corrected chi connectivity index (χ1v) is 15.9. The maximum absolute atomic E-state index is 14.0. The summed E-state index contributed by atoms with van der Waals surface area (Å²) in [7, 11) is 0. The molecule has 0 unspecified atom stereocenters. The number of hydrogen-bond acceptors (Lipinski definition) is 4. The third-order valence-electron chi connectivity index (χ3n) is 7.44. The lowest BCUT2D eigenvalue weighted by atomic mass is 10.1. The van der Waals surface area contributed by atoms with Crippen LogP contribution >= 0.6 is 0 Å². The lowest BCUT2D eigenvalue weighted by Crippen LogP contribution is -2.24. The van der Waals surface area contributed by atoms with E-state index >= 15 is 0 Å². The minimum absolute atomic E-state index is 0.156. The van der Waals surface area contributed by atoms with E-state index in [4.69, 9.17) is 15.2 Å². The van der Waals surface area contributed by atoms with Crippen molar-refractivity contribution < 1.29 is 9.47 Å². The number of fused-ring (bicyclic) bond motifs is 1. The van der Waals surface area contributed by atoms with Gasteiger partial charge in [0.2, 0.25) is 5.75 Å². The molecule has 0 bridgehead atoms. The van der Waals surface area contributed by atoms with Gasteiger partial charge in [0.05, 0.1) is 5.52 Å². The molecule has 2 rings (SSSR count). The van der Waals surface area contributed by atoms with Crippen molar-refractivity contribution in [2.45, 2.75) is 119 Å². The summed E-state index contributed by atoms with van der Waals surface area (Å²) < 4.78 is 14.4. The highest BCUT2D eigenvalue weighted by atomic mass is 16.5. The van der Waals surface area contributed by atoms with E-state index in [0.717, 1.165) is 49.4 Å². The average Bonchev–Trinajstić information content (AvgIpc) is 2.92. The molecule has 5 heteroatoms. The molecule has 0 atom stereocenters. The van der Waals surface area contributed by atoms with E-state index in [9.17, 15) is 4.79 Å². The van der Waals surface area contributed by atoms with Gasteiger partial charge in [0, 0.05) is 17.6 Å². The molecule has 0 aliphatic rings. The van der Waals surface area contributed by atoms with E-state index < -0.39 is 0 Å². The van der Waals surface area contributed by atoms with Crippen molar-refractivity contribution in [3.63, 3.8) is 0 Å². The van der Waals surface area contributed by atoms with Crippen molar-refractivity contribution in [1.82, 2.24) is 4.57 Å². The molecule has 2 aromatic rings. The average molecular weight is 577 g/mol. The van der Waals surface area contributed by atoms with Crippen molar-refractivity contribution in [3.8, 4) is 11.5 Å². The molecule has 0 amide bonds. The van der Waals surface area contributed by atoms with E-state index in [-0.39, 0.29) is 11.3 Å². The zero-order valence-corrected chi connectivity index (χ0v) is 27.5. The number of allylic oxidation sites excluding steroid dienone is 6. The summed E-state index contributed by atoms with van der Waals surface area (Å²) in [5.74, 6) is 0.778. The first kappa shape index (κ1) is 35.0. The monoisotopic (exact) mass is 576 g/mol. The number of rotatable bonds is 19. The van der Waals surface area contributed by atoms with Gasteiger partial charge in [-0.3, -0.25) is 4.79 Å². The first-order chi connectivity index (χ1) is 20.1. The van der Waals surface area contributed by atoms with Crippen LogP contribution in [0.4, 0.5) is 5.69 Å². The van der Waals surface area contributed by atoms with E-state index in [2.05, 4.69) is 72.8 Å². The van der Waals surface area contributed by atoms with Crippen molar-refractivity contribution in [1.29, 1.82) is 0 Å². The number of unbranched alkanes of at least 4 members (excludes halogenated alkanes) is 5. The topological polar surface area (TPSA) is 66.5 Å². The van der Waals surface area contributed by atoms with Gasteiger partial charge in [0.1, 0.15) is 13.2 Å². The Balaban J connectivity index is 2.39. The second-order valence-corrected chi connectivity index (χ2v) is 12.0. The maximum Gasteiger partial charge on any atom is 0.297 e. The molecule has 2 N–H and O–H groups in total. The molecule has 42 heavy (non-hydrogen) atoms. The lowest BCUT2D eigenvalue weighted by Gasteiger charge is -2.18. The zero-order chi connectivity index (χ0) is 30.9. The number of hydrogen-bond donors (Lipinski definition) is 1. The van der Waals surface area contributed by atoms with Crippen LogP contribution in [0.15, 0.2) is 69.6 Å². The Labute approximate surface area is 255 Å². The summed E-state index contributed by atoms with van der Waals surface area (Å²) in [5.41, 5.74) is 12.6. The minimum Gasteiger partial charge on any atom is -0.485 e. The molecule has 0 aliphatic carbocycles. The normalized spacial score (nSPS) is 12.0. The summed E-state index contributed by atoms with van der Waals surface area (Å²) >= 11 is 0. The molecule has 0 saturated carbocycles. The van der Waals surface area contributed by atoms with Gasteiger partial charge in [0.25, 0.3) is 5.56 Å². The standard InChI is InChI=1S/C37H56N2O3/c1-8-9-10-11-12-13-24-39-34-27-32(38)20-21-33(34)35(41-25-22-30(6)18-14-16-28(2)3)36(37(39)40)42-26-23-31(7)19-15-17-29(4)5/h16-17,20-23,27H,8-15,18-19,24-26,38H2,1-7H3/b30-22+,31-23+. The first-order valence-electron chi connectivity index (χ1n) is 15.9. The number of nitrogens with zero attached hydrogens (tertiary/aromatic N) is 1. The number of pyridine rings is 1. The Morgan fingerprint density at radius 2 is 1.31 bits per heavy atom. The second-order valence-electron chi connectivity index (χ2n) is 12.0. The van der Waals surface area contributed by atoms with Gasteiger partial charge < -0.3 is 19.8 Å². The summed E-state index contributed by atoms with van der Waals surface area (Å²) in [4.78, 5) is 14.0. The van der Waals surface area contributed by atoms with Crippen LogP contribution in [-0.4, -0.2) is 17.8 Å². The predicted octanol–water partition coefficient (Wildman–Crippen LogP) is 10.1. The van der Waals surface area contributed by atoms with Crippen LogP contribution in [0.3, 0.4) is 0 Å². The van der Waals surface area contributed by atoms with Crippen molar-refractivity contribution in [3.05, 3.63) is 75.1 Å². The third kappa shape index (κ3) is 12.3. The number of nitrogen functional groups attached to an aromatic ring is 1. The van der Waals surface area contributed by atoms with Crippen molar-refractivity contribution >= 4 is 16.6 Å². The van der Waals surface area contributed by atoms with Crippen LogP contribution in [-0.2, 0) is 6.54 Å². The molecule has 1 heterocycles. The van der Waals surface area contributed by atoms with Crippen LogP contribution in [0.1, 0.15) is 113 Å². The molecule has 0 fully saturated rings. The van der Waals surface area contributed by atoms with E-state index in [1.807, 2.05) is 22.8 Å². The fourth-order valence-electron chi connectivity index (χ4n) is 4.87. The van der Waals surface area contributed by atoms with Crippen LogP contribution in [0.2, 0.25) is 0 Å². The van der Waals surface area contributed by atoms with E-state index in [1.54, 1.807) is 0 Å². The van der Waals surface area contributed by atoms with Crippen LogP contribution < -0.4 is 20.8 Å². The molecule has 5 nitrogen and oxygen atoms in total. The molecule has 0 aliphatic heterocycles. The smallest absolute Gasteiger partial charge is 0.297 e. The number of nitrogens with two attached hydrogens (primary N) is 1. The number of ether oxygens (including phenoxy) is 2. The Morgan fingerprint density at radius 3 is 1.88 bits per heavy atom. The predicted molar refractivity (Wildman–Crippen MR) is 182 cm³/mol. The third-order valence-corrected chi connectivity index (χ3v) is 7.44. The fraction of sp³-hybridized carbons (Fsp3) is 0.541. The number of benzene rings is 1. The Bertz CT molecular complexity index is 1300. The Kier molecular flexibility index (Phi) is 15.9. The van der Waals surface area contributed by atoms with Gasteiger partial charge in [-0.25, -0.2) is 0 Å². The number of anilines is 1. The maximum atomic E-state index is 14.0. The molecule has 0 spiro atoms. The summed E-state index contributed by atoms with van der Waals surface area (Å²) in [6.45, 7) is 16.3. The summed E-state index contributed by atoms with van der Waals surface area (Å²) in [5, 5.41) is 0.852. The van der Waals surface area contributed by atoms with E-state index in [1.165, 1.54) is 48.0 Å². The van der Waals surface area contributed by atoms with Crippen LogP contribution in [0.25, 0.3) is 10.9 Å². The highest BCUT2D eigenvalue weighted by Gasteiger charge is 2.20. The van der Waals surface area contributed by atoms with Crippen molar-refractivity contribution in [2.24, 2.45) is 0 Å². The Hall–Kier alpha value is -3.21. The fourth-order valence-corrected chi connectivity index (χ4v) is 4.87.